The lowest BCUT2D eigenvalue weighted by molar-refractivity contribution is 0.0811. The van der Waals surface area contributed by atoms with Gasteiger partial charge in [-0.2, -0.15) is 0 Å². The van der Waals surface area contributed by atoms with Crippen LogP contribution in [0.25, 0.3) is 0 Å². The van der Waals surface area contributed by atoms with Crippen LogP contribution in [0.3, 0.4) is 0 Å². The number of nitrogens with one attached hydrogen (secondary N) is 1. The minimum Gasteiger partial charge on any atom is -0.380 e. The summed E-state index contributed by atoms with van der Waals surface area (Å²) in [4.78, 5) is -0.475. The van der Waals surface area contributed by atoms with E-state index in [2.05, 4.69) is 5.32 Å². The molecule has 2 atom stereocenters. The van der Waals surface area contributed by atoms with Crippen molar-refractivity contribution in [2.75, 3.05) is 19.8 Å². The Morgan fingerprint density at radius 1 is 1.40 bits per heavy atom. The molecule has 0 spiro atoms. The lowest BCUT2D eigenvalue weighted by Crippen LogP contribution is -2.50. The molecule has 1 aromatic rings. The molecule has 1 heterocycles. The summed E-state index contributed by atoms with van der Waals surface area (Å²) in [5, 5.41) is 2.22. The lowest BCUT2D eigenvalue weighted by Gasteiger charge is -2.31. The van der Waals surface area contributed by atoms with E-state index in [9.17, 15) is 17.2 Å². The molecule has 0 bridgehead atoms. The van der Waals surface area contributed by atoms with E-state index < -0.39 is 31.6 Å². The van der Waals surface area contributed by atoms with Crippen LogP contribution in [-0.2, 0) is 14.6 Å². The molecule has 2 rings (SSSR count). The van der Waals surface area contributed by atoms with Crippen LogP contribution < -0.4 is 5.32 Å². The average Bonchev–Trinajstić information content (AvgIpc) is 2.39. The molecule has 1 fully saturated rings. The quantitative estimate of drug-likeness (QED) is 0.857. The van der Waals surface area contributed by atoms with Crippen LogP contribution >= 0.6 is 0 Å². The Kier molecular flexibility index (Phi) is 4.72. The summed E-state index contributed by atoms with van der Waals surface area (Å²) in [6, 6.07) is 2.21. The van der Waals surface area contributed by atoms with Gasteiger partial charge in [-0.15, -0.1) is 0 Å². The Morgan fingerprint density at radius 2 is 2.15 bits per heavy atom. The maximum absolute atomic E-state index is 13.7. The molecule has 4 nitrogen and oxygen atoms in total. The Hall–Kier alpha value is -1.05. The van der Waals surface area contributed by atoms with Crippen LogP contribution in [0.15, 0.2) is 23.1 Å². The number of halogens is 2. The number of hydrogen-bond acceptors (Lipinski definition) is 4. The van der Waals surface area contributed by atoms with Gasteiger partial charge in [0.2, 0.25) is 0 Å². The highest BCUT2D eigenvalue weighted by Gasteiger charge is 2.38. The van der Waals surface area contributed by atoms with Gasteiger partial charge in [0.05, 0.1) is 6.61 Å². The monoisotopic (exact) mass is 305 g/mol. The predicted molar refractivity (Wildman–Crippen MR) is 70.2 cm³/mol. The molecule has 0 saturated carbocycles. The first kappa shape index (κ1) is 15.3. The van der Waals surface area contributed by atoms with Gasteiger partial charge in [0.1, 0.15) is 21.8 Å². The van der Waals surface area contributed by atoms with Gasteiger partial charge >= 0.3 is 0 Å². The minimum absolute atomic E-state index is 0.0107. The van der Waals surface area contributed by atoms with Gasteiger partial charge < -0.3 is 10.1 Å². The first-order valence-electron chi connectivity index (χ1n) is 6.47. The van der Waals surface area contributed by atoms with Crippen molar-refractivity contribution < 1.29 is 21.9 Å². The number of benzene rings is 1. The zero-order valence-electron chi connectivity index (χ0n) is 11.1. The number of hydrogen-bond donors (Lipinski definition) is 1. The van der Waals surface area contributed by atoms with Gasteiger partial charge in [0, 0.05) is 18.7 Å². The molecule has 20 heavy (non-hydrogen) atoms. The summed E-state index contributed by atoms with van der Waals surface area (Å²) in [6.45, 7) is 2.96. The summed E-state index contributed by atoms with van der Waals surface area (Å²) in [5.74, 6) is -1.87. The largest absolute Gasteiger partial charge is 0.380 e. The lowest BCUT2D eigenvalue weighted by atomic mass is 10.1. The van der Waals surface area contributed by atoms with Crippen LogP contribution in [-0.4, -0.2) is 39.5 Å². The molecule has 1 N–H and O–H groups in total. The second kappa shape index (κ2) is 6.15. The van der Waals surface area contributed by atoms with Gasteiger partial charge in [-0.05, 0) is 25.1 Å². The van der Waals surface area contributed by atoms with E-state index >= 15 is 0 Å². The average molecular weight is 305 g/mol. The van der Waals surface area contributed by atoms with Crippen molar-refractivity contribution in [3.05, 3.63) is 29.8 Å². The molecule has 2 unspecified atom stereocenters. The highest BCUT2D eigenvalue weighted by Crippen LogP contribution is 2.25. The summed E-state index contributed by atoms with van der Waals surface area (Å²) < 4.78 is 56.9. The van der Waals surface area contributed by atoms with Gasteiger partial charge in [-0.1, -0.05) is 6.92 Å². The number of rotatable bonds is 4. The third-order valence-corrected chi connectivity index (χ3v) is 5.58. The first-order valence-corrected chi connectivity index (χ1v) is 8.01. The third kappa shape index (κ3) is 2.99. The normalized spacial score (nSPS) is 23.8. The molecule has 1 aliphatic rings. The Morgan fingerprint density at radius 3 is 2.80 bits per heavy atom. The maximum Gasteiger partial charge on any atom is 0.187 e. The molecule has 0 aliphatic carbocycles. The molecule has 0 amide bonds. The van der Waals surface area contributed by atoms with E-state index in [1.165, 1.54) is 0 Å². The fourth-order valence-corrected chi connectivity index (χ4v) is 4.24. The smallest absolute Gasteiger partial charge is 0.187 e. The Bertz CT molecular complexity index is 575. The van der Waals surface area contributed by atoms with E-state index in [4.69, 9.17) is 4.74 Å². The van der Waals surface area contributed by atoms with Crippen molar-refractivity contribution >= 4 is 9.84 Å². The van der Waals surface area contributed by atoms with Crippen molar-refractivity contribution in [3.63, 3.8) is 0 Å². The summed E-state index contributed by atoms with van der Waals surface area (Å²) in [7, 11) is -3.91. The highest BCUT2D eigenvalue weighted by molar-refractivity contribution is 7.92. The maximum atomic E-state index is 13.7. The van der Waals surface area contributed by atoms with E-state index in [1.807, 2.05) is 6.92 Å². The fourth-order valence-electron chi connectivity index (χ4n) is 2.38. The number of ether oxygens (including phenoxy) is 1. The zero-order chi connectivity index (χ0) is 14.8. The Labute approximate surface area is 117 Å². The molecule has 112 valence electrons. The summed E-state index contributed by atoms with van der Waals surface area (Å²) in [6.07, 6.45) is 0.542. The van der Waals surface area contributed by atoms with Crippen LogP contribution in [0.4, 0.5) is 8.78 Å². The van der Waals surface area contributed by atoms with Crippen molar-refractivity contribution in [1.82, 2.24) is 5.32 Å². The molecule has 1 aromatic carbocycles. The van der Waals surface area contributed by atoms with Crippen molar-refractivity contribution in [3.8, 4) is 0 Å². The molecule has 1 saturated heterocycles. The highest BCUT2D eigenvalue weighted by atomic mass is 32.2. The molecule has 7 heteroatoms. The van der Waals surface area contributed by atoms with E-state index in [1.54, 1.807) is 0 Å². The van der Waals surface area contributed by atoms with Crippen LogP contribution in [0.1, 0.15) is 13.3 Å². The minimum atomic E-state index is -3.91. The van der Waals surface area contributed by atoms with E-state index in [-0.39, 0.29) is 12.6 Å². The summed E-state index contributed by atoms with van der Waals surface area (Å²) >= 11 is 0. The number of sulfone groups is 1. The SMILES string of the molecule is CCNC1CCOCC1S(=O)(=O)c1ccc(F)cc1F. The molecular formula is C13H17F2NO3S. The van der Waals surface area contributed by atoms with Crippen molar-refractivity contribution in [2.45, 2.75) is 29.5 Å². The standard InChI is InChI=1S/C13H17F2NO3S/c1-2-16-11-5-6-19-8-13(11)20(17,18)12-4-3-9(14)7-10(12)15/h3-4,7,11,13,16H,2,5-6,8H2,1H3. The Balaban J connectivity index is 2.37. The van der Waals surface area contributed by atoms with Gasteiger partial charge in [-0.25, -0.2) is 17.2 Å². The molecule has 0 aromatic heterocycles. The summed E-state index contributed by atoms with van der Waals surface area (Å²) in [5.41, 5.74) is 0. The van der Waals surface area contributed by atoms with E-state index in [0.29, 0.717) is 25.6 Å². The molecular weight excluding hydrogens is 288 g/mol. The van der Waals surface area contributed by atoms with Crippen LogP contribution in [0.5, 0.6) is 0 Å². The second-order valence-corrected chi connectivity index (χ2v) is 6.82. The zero-order valence-corrected chi connectivity index (χ0v) is 11.9. The van der Waals surface area contributed by atoms with Crippen LogP contribution in [0, 0.1) is 11.6 Å². The topological polar surface area (TPSA) is 55.4 Å². The van der Waals surface area contributed by atoms with Gasteiger partial charge in [-0.3, -0.25) is 0 Å². The molecule has 0 radical (unpaired) electrons. The van der Waals surface area contributed by atoms with Crippen LogP contribution in [0.2, 0.25) is 0 Å². The fraction of sp³-hybridized carbons (Fsp3) is 0.538. The van der Waals surface area contributed by atoms with Gasteiger partial charge in [0.25, 0.3) is 0 Å². The molecule has 1 aliphatic heterocycles. The van der Waals surface area contributed by atoms with Crippen molar-refractivity contribution in [2.24, 2.45) is 0 Å². The first-order chi connectivity index (χ1) is 9.46. The third-order valence-electron chi connectivity index (χ3n) is 3.37. The predicted octanol–water partition coefficient (Wildman–Crippen LogP) is 1.51. The second-order valence-electron chi connectivity index (χ2n) is 4.69. The van der Waals surface area contributed by atoms with E-state index in [0.717, 1.165) is 12.1 Å². The van der Waals surface area contributed by atoms with Gasteiger partial charge in [0.15, 0.2) is 9.84 Å². The van der Waals surface area contributed by atoms with Crippen molar-refractivity contribution in [1.29, 1.82) is 0 Å².